The van der Waals surface area contributed by atoms with Gasteiger partial charge in [0.2, 0.25) is 0 Å². The molecular weight excluding hydrogens is 368 g/mol. The van der Waals surface area contributed by atoms with E-state index >= 15 is 0 Å². The smallest absolute Gasteiger partial charge is 0.257 e. The molecule has 3 heterocycles. The van der Waals surface area contributed by atoms with Gasteiger partial charge in [-0.3, -0.25) is 4.79 Å². The van der Waals surface area contributed by atoms with Crippen LogP contribution in [0.4, 0.5) is 0 Å². The highest BCUT2D eigenvalue weighted by molar-refractivity contribution is 7.92. The fourth-order valence-electron chi connectivity index (χ4n) is 4.29. The van der Waals surface area contributed by atoms with Gasteiger partial charge in [0.25, 0.3) is 5.91 Å². The molecule has 1 aromatic rings. The highest BCUT2D eigenvalue weighted by Crippen LogP contribution is 2.35. The second-order valence-corrected chi connectivity index (χ2v) is 10.1. The molecule has 0 aromatic heterocycles. The van der Waals surface area contributed by atoms with Crippen molar-refractivity contribution >= 4 is 15.7 Å². The van der Waals surface area contributed by atoms with Crippen LogP contribution in [0.2, 0.25) is 0 Å². The number of para-hydroxylation sites is 1. The summed E-state index contributed by atoms with van der Waals surface area (Å²) in [4.78, 5) is 16.6. The van der Waals surface area contributed by atoms with Gasteiger partial charge in [0, 0.05) is 6.54 Å². The zero-order chi connectivity index (χ0) is 19.1. The van der Waals surface area contributed by atoms with E-state index in [0.717, 1.165) is 25.9 Å². The molecule has 1 spiro atoms. The zero-order valence-electron chi connectivity index (χ0n) is 15.6. The molecule has 3 fully saturated rings. The Morgan fingerprint density at radius 3 is 2.63 bits per heavy atom. The molecule has 4 rings (SSSR count). The van der Waals surface area contributed by atoms with Gasteiger partial charge in [-0.05, 0) is 38.1 Å². The van der Waals surface area contributed by atoms with Gasteiger partial charge in [0.1, 0.15) is 11.4 Å². The number of hydrogen-bond acceptors (Lipinski definition) is 6. The number of methoxy groups -OCH3 is 1. The van der Waals surface area contributed by atoms with Gasteiger partial charge in [-0.15, -0.1) is 0 Å². The number of carbonyl (C=O) groups excluding carboxylic acids is 1. The van der Waals surface area contributed by atoms with E-state index in [1.165, 1.54) is 7.11 Å². The van der Waals surface area contributed by atoms with E-state index in [-0.39, 0.29) is 18.3 Å². The van der Waals surface area contributed by atoms with Gasteiger partial charge in [-0.25, -0.2) is 8.42 Å². The predicted octanol–water partition coefficient (Wildman–Crippen LogP) is 0.799. The first-order valence-electron chi connectivity index (χ1n) is 9.43. The van der Waals surface area contributed by atoms with E-state index in [2.05, 4.69) is 4.90 Å². The van der Waals surface area contributed by atoms with Gasteiger partial charge in [0.05, 0.1) is 43.4 Å². The lowest BCUT2D eigenvalue weighted by Crippen LogP contribution is -2.71. The number of rotatable bonds is 4. The molecule has 3 aliphatic heterocycles. The molecule has 8 heteroatoms. The van der Waals surface area contributed by atoms with Crippen LogP contribution in [-0.2, 0) is 14.6 Å². The fourth-order valence-corrected chi connectivity index (χ4v) is 6.23. The first-order valence-corrected chi connectivity index (χ1v) is 11.1. The van der Waals surface area contributed by atoms with Crippen LogP contribution >= 0.6 is 0 Å². The summed E-state index contributed by atoms with van der Waals surface area (Å²) in [5.41, 5.74) is -0.265. The van der Waals surface area contributed by atoms with Crippen molar-refractivity contribution in [3.63, 3.8) is 0 Å². The van der Waals surface area contributed by atoms with Crippen LogP contribution in [0.3, 0.4) is 0 Å². The number of benzene rings is 1. The first-order chi connectivity index (χ1) is 12.9. The second-order valence-electron chi connectivity index (χ2n) is 7.79. The minimum atomic E-state index is -3.24. The van der Waals surface area contributed by atoms with Crippen LogP contribution in [-0.4, -0.2) is 87.2 Å². The normalized spacial score (nSPS) is 26.7. The third-order valence-corrected chi connectivity index (χ3v) is 8.02. The summed E-state index contributed by atoms with van der Waals surface area (Å²) >= 11 is 0. The Morgan fingerprint density at radius 1 is 1.26 bits per heavy atom. The minimum absolute atomic E-state index is 0.00574. The van der Waals surface area contributed by atoms with Gasteiger partial charge < -0.3 is 19.3 Å². The molecule has 27 heavy (non-hydrogen) atoms. The SMILES string of the molecule is COc1ccccc1C(=O)N1CC2(C1)CS(=O)(=O)[C@@H](CN1CCCC1)CO2. The van der Waals surface area contributed by atoms with E-state index in [1.54, 1.807) is 23.1 Å². The molecule has 0 aliphatic carbocycles. The van der Waals surface area contributed by atoms with Crippen LogP contribution in [0.25, 0.3) is 0 Å². The van der Waals surface area contributed by atoms with E-state index < -0.39 is 20.7 Å². The number of hydrogen-bond donors (Lipinski definition) is 0. The van der Waals surface area contributed by atoms with E-state index in [0.29, 0.717) is 30.9 Å². The lowest BCUT2D eigenvalue weighted by atomic mass is 9.94. The van der Waals surface area contributed by atoms with E-state index in [4.69, 9.17) is 9.47 Å². The van der Waals surface area contributed by atoms with Crippen molar-refractivity contribution in [1.82, 2.24) is 9.80 Å². The summed E-state index contributed by atoms with van der Waals surface area (Å²) in [6.07, 6.45) is 2.27. The van der Waals surface area contributed by atoms with Gasteiger partial charge in [-0.2, -0.15) is 0 Å². The maximum Gasteiger partial charge on any atom is 0.257 e. The van der Waals surface area contributed by atoms with Crippen LogP contribution in [0, 0.1) is 0 Å². The zero-order valence-corrected chi connectivity index (χ0v) is 16.4. The number of carbonyl (C=O) groups is 1. The van der Waals surface area contributed by atoms with Crippen LogP contribution in [0.1, 0.15) is 23.2 Å². The first kappa shape index (κ1) is 18.7. The van der Waals surface area contributed by atoms with Crippen LogP contribution in [0.5, 0.6) is 5.75 Å². The third-order valence-electron chi connectivity index (χ3n) is 5.79. The highest BCUT2D eigenvalue weighted by Gasteiger charge is 2.54. The molecule has 7 nitrogen and oxygen atoms in total. The number of likely N-dealkylation sites (tertiary alicyclic amines) is 2. The lowest BCUT2D eigenvalue weighted by Gasteiger charge is -2.52. The molecule has 3 aliphatic rings. The summed E-state index contributed by atoms with van der Waals surface area (Å²) in [6, 6.07) is 7.06. The summed E-state index contributed by atoms with van der Waals surface area (Å²) in [7, 11) is -1.71. The number of sulfone groups is 1. The number of amides is 1. The topological polar surface area (TPSA) is 76.2 Å². The van der Waals surface area contributed by atoms with Crippen molar-refractivity contribution < 1.29 is 22.7 Å². The maximum atomic E-state index is 12.8. The predicted molar refractivity (Wildman–Crippen MR) is 101 cm³/mol. The van der Waals surface area contributed by atoms with Crippen molar-refractivity contribution in [2.24, 2.45) is 0 Å². The molecule has 1 aromatic carbocycles. The Kier molecular flexibility index (Phi) is 4.90. The number of ether oxygens (including phenoxy) is 2. The van der Waals surface area contributed by atoms with E-state index in [1.807, 2.05) is 6.07 Å². The van der Waals surface area contributed by atoms with Gasteiger partial charge >= 0.3 is 0 Å². The van der Waals surface area contributed by atoms with Crippen LogP contribution < -0.4 is 4.74 Å². The molecular formula is C19H26N2O5S. The van der Waals surface area contributed by atoms with E-state index in [9.17, 15) is 13.2 Å². The average Bonchev–Trinajstić information content (AvgIpc) is 3.14. The summed E-state index contributed by atoms with van der Waals surface area (Å²) < 4.78 is 36.8. The van der Waals surface area contributed by atoms with Crippen molar-refractivity contribution in [2.75, 3.05) is 52.2 Å². The molecule has 0 radical (unpaired) electrons. The molecule has 148 valence electrons. The third kappa shape index (κ3) is 3.58. The molecule has 0 N–H and O–H groups in total. The highest BCUT2D eigenvalue weighted by atomic mass is 32.2. The monoisotopic (exact) mass is 394 g/mol. The number of nitrogens with zero attached hydrogens (tertiary/aromatic N) is 2. The Labute approximate surface area is 160 Å². The van der Waals surface area contributed by atoms with Crippen LogP contribution in [0.15, 0.2) is 24.3 Å². The van der Waals surface area contributed by atoms with Crippen molar-refractivity contribution in [2.45, 2.75) is 23.7 Å². The maximum absolute atomic E-state index is 12.8. The Morgan fingerprint density at radius 2 is 1.96 bits per heavy atom. The lowest BCUT2D eigenvalue weighted by molar-refractivity contribution is -0.121. The second kappa shape index (κ2) is 7.07. The summed E-state index contributed by atoms with van der Waals surface area (Å²) in [5.74, 6) is 0.360. The van der Waals surface area contributed by atoms with Crippen molar-refractivity contribution in [3.05, 3.63) is 29.8 Å². The Bertz CT molecular complexity index is 813. The Hall–Kier alpha value is -1.64. The Balaban J connectivity index is 1.39. The summed E-state index contributed by atoms with van der Waals surface area (Å²) in [6.45, 7) is 3.33. The van der Waals surface area contributed by atoms with Crippen molar-refractivity contribution in [3.8, 4) is 5.75 Å². The molecule has 3 saturated heterocycles. The van der Waals surface area contributed by atoms with Gasteiger partial charge in [0.15, 0.2) is 9.84 Å². The average molecular weight is 394 g/mol. The largest absolute Gasteiger partial charge is 0.496 e. The standard InChI is InChI=1S/C19H26N2O5S/c1-25-17-7-3-2-6-16(17)18(22)21-12-19(13-21)14-27(23,24)15(11-26-19)10-20-8-4-5-9-20/h2-3,6-7,15H,4-5,8-14H2,1H3/t15-/m0/s1. The molecule has 0 unspecified atom stereocenters. The molecule has 1 atom stereocenters. The summed E-state index contributed by atoms with van der Waals surface area (Å²) in [5, 5.41) is -0.458. The molecule has 0 bridgehead atoms. The van der Waals surface area contributed by atoms with Gasteiger partial charge in [-0.1, -0.05) is 12.1 Å². The minimum Gasteiger partial charge on any atom is -0.496 e. The quantitative estimate of drug-likeness (QED) is 0.752. The van der Waals surface area contributed by atoms with Crippen molar-refractivity contribution in [1.29, 1.82) is 0 Å². The fraction of sp³-hybridized carbons (Fsp3) is 0.632. The molecule has 0 saturated carbocycles. The molecule has 1 amide bonds.